The molecule has 0 aromatic heterocycles. The predicted molar refractivity (Wildman–Crippen MR) is 94.7 cm³/mol. The van der Waals surface area contributed by atoms with Gasteiger partial charge in [0.1, 0.15) is 5.83 Å². The molecular weight excluding hydrogens is 273 g/mol. The molecule has 0 spiro atoms. The zero-order chi connectivity index (χ0) is 16.7. The monoisotopic (exact) mass is 297 g/mol. The minimum absolute atomic E-state index is 0.101. The lowest BCUT2D eigenvalue weighted by atomic mass is 9.91. The van der Waals surface area contributed by atoms with Crippen molar-refractivity contribution in [2.45, 2.75) is 20.8 Å². The normalized spacial score (nSPS) is 29.9. The van der Waals surface area contributed by atoms with Crippen LogP contribution in [0.3, 0.4) is 0 Å². The molecule has 0 radical (unpaired) electrons. The molecule has 116 valence electrons. The summed E-state index contributed by atoms with van der Waals surface area (Å²) in [5.41, 5.74) is 3.91. The van der Waals surface area contributed by atoms with E-state index < -0.39 is 5.83 Å². The van der Waals surface area contributed by atoms with Crippen molar-refractivity contribution in [2.24, 2.45) is 5.92 Å². The Labute approximate surface area is 133 Å². The van der Waals surface area contributed by atoms with E-state index >= 15 is 0 Å². The van der Waals surface area contributed by atoms with Crippen molar-refractivity contribution in [3.8, 4) is 0 Å². The lowest BCUT2D eigenvalue weighted by Crippen LogP contribution is -2.09. The molecule has 1 unspecified atom stereocenters. The van der Waals surface area contributed by atoms with Gasteiger partial charge in [-0.3, -0.25) is 0 Å². The zero-order valence-electron chi connectivity index (χ0n) is 13.6. The molecule has 0 amide bonds. The van der Waals surface area contributed by atoms with E-state index in [9.17, 15) is 4.39 Å². The van der Waals surface area contributed by atoms with Gasteiger partial charge in [0, 0.05) is 5.70 Å². The highest BCUT2D eigenvalue weighted by molar-refractivity contribution is 5.48. The summed E-state index contributed by atoms with van der Waals surface area (Å²) in [6.07, 6.45) is 12.8. The van der Waals surface area contributed by atoms with Gasteiger partial charge in [-0.2, -0.15) is 0 Å². The Hall–Kier alpha value is -2.35. The van der Waals surface area contributed by atoms with E-state index in [4.69, 9.17) is 0 Å². The SMILES string of the molecule is C=C1\C=C/C(C)=C(/C=C\C)C(=C)C(C)/C=C\C=C(\F)C(=C)N1. The summed E-state index contributed by atoms with van der Waals surface area (Å²) < 4.78 is 13.9. The Balaban J connectivity index is 3.35. The quantitative estimate of drug-likeness (QED) is 0.657. The summed E-state index contributed by atoms with van der Waals surface area (Å²) in [7, 11) is 0. The lowest BCUT2D eigenvalue weighted by molar-refractivity contribution is 0.637. The van der Waals surface area contributed by atoms with Crippen LogP contribution in [0.15, 0.2) is 96.2 Å². The lowest BCUT2D eigenvalue weighted by Gasteiger charge is -2.14. The average Bonchev–Trinajstić information content (AvgIpc) is 2.48. The van der Waals surface area contributed by atoms with Crippen molar-refractivity contribution in [1.29, 1.82) is 0 Å². The van der Waals surface area contributed by atoms with Crippen molar-refractivity contribution in [1.82, 2.24) is 5.32 Å². The molecule has 0 saturated heterocycles. The third-order valence-corrected chi connectivity index (χ3v) is 3.43. The van der Waals surface area contributed by atoms with Crippen LogP contribution in [-0.2, 0) is 0 Å². The summed E-state index contributed by atoms with van der Waals surface area (Å²) >= 11 is 0. The van der Waals surface area contributed by atoms with Gasteiger partial charge in [-0.15, -0.1) is 0 Å². The van der Waals surface area contributed by atoms with Gasteiger partial charge in [-0.05, 0) is 48.6 Å². The van der Waals surface area contributed by atoms with Crippen LogP contribution in [0.1, 0.15) is 20.8 Å². The molecular formula is C20H24FN. The molecule has 0 aliphatic carbocycles. The number of rotatable bonds is 1. The average molecular weight is 297 g/mol. The van der Waals surface area contributed by atoms with Crippen LogP contribution in [0, 0.1) is 5.92 Å². The van der Waals surface area contributed by atoms with Crippen molar-refractivity contribution in [3.05, 3.63) is 96.2 Å². The number of hydrogen-bond donors (Lipinski definition) is 1. The first-order chi connectivity index (χ1) is 10.4. The van der Waals surface area contributed by atoms with E-state index in [2.05, 4.69) is 25.1 Å². The van der Waals surface area contributed by atoms with E-state index in [0.717, 1.165) is 16.7 Å². The van der Waals surface area contributed by atoms with Gasteiger partial charge in [0.25, 0.3) is 0 Å². The summed E-state index contributed by atoms with van der Waals surface area (Å²) in [4.78, 5) is 0. The molecule has 22 heavy (non-hydrogen) atoms. The second-order valence-electron chi connectivity index (χ2n) is 5.27. The number of halogens is 1. The fraction of sp³-hybridized carbons (Fsp3) is 0.200. The van der Waals surface area contributed by atoms with Gasteiger partial charge >= 0.3 is 0 Å². The molecule has 0 bridgehead atoms. The van der Waals surface area contributed by atoms with Gasteiger partial charge in [-0.25, -0.2) is 4.39 Å². The second-order valence-corrected chi connectivity index (χ2v) is 5.27. The third-order valence-electron chi connectivity index (χ3n) is 3.43. The van der Waals surface area contributed by atoms with E-state index in [1.807, 2.05) is 45.1 Å². The summed E-state index contributed by atoms with van der Waals surface area (Å²) in [6.45, 7) is 17.7. The van der Waals surface area contributed by atoms with Gasteiger partial charge in [0.2, 0.25) is 0 Å². The number of nitrogens with one attached hydrogen (secondary N) is 1. The molecule has 1 rings (SSSR count). The predicted octanol–water partition coefficient (Wildman–Crippen LogP) is 5.67. The highest BCUT2D eigenvalue weighted by atomic mass is 19.1. The summed E-state index contributed by atoms with van der Waals surface area (Å²) in [6, 6.07) is 0. The molecule has 0 saturated carbocycles. The van der Waals surface area contributed by atoms with Crippen LogP contribution in [0.2, 0.25) is 0 Å². The minimum Gasteiger partial charge on any atom is -0.354 e. The molecule has 1 atom stereocenters. The molecule has 1 aliphatic rings. The van der Waals surface area contributed by atoms with Crippen LogP contribution in [0.25, 0.3) is 0 Å². The Morgan fingerprint density at radius 1 is 1.23 bits per heavy atom. The van der Waals surface area contributed by atoms with E-state index in [1.165, 1.54) is 6.08 Å². The molecule has 1 N–H and O–H groups in total. The first-order valence-corrected chi connectivity index (χ1v) is 7.26. The molecule has 1 nitrogen and oxygen atoms in total. The van der Waals surface area contributed by atoms with Gasteiger partial charge in [-0.1, -0.05) is 57.0 Å². The Morgan fingerprint density at radius 2 is 1.91 bits per heavy atom. The van der Waals surface area contributed by atoms with Crippen molar-refractivity contribution >= 4 is 0 Å². The van der Waals surface area contributed by atoms with Crippen LogP contribution < -0.4 is 5.32 Å². The first kappa shape index (κ1) is 17.7. The van der Waals surface area contributed by atoms with E-state index in [1.54, 1.807) is 12.2 Å². The molecule has 1 heterocycles. The van der Waals surface area contributed by atoms with Crippen LogP contribution in [0.5, 0.6) is 0 Å². The van der Waals surface area contributed by atoms with Crippen LogP contribution >= 0.6 is 0 Å². The molecule has 0 fully saturated rings. The first-order valence-electron chi connectivity index (χ1n) is 7.26. The highest BCUT2D eigenvalue weighted by Crippen LogP contribution is 2.25. The maximum absolute atomic E-state index is 13.9. The van der Waals surface area contributed by atoms with Crippen molar-refractivity contribution in [2.75, 3.05) is 0 Å². The van der Waals surface area contributed by atoms with Crippen LogP contribution in [-0.4, -0.2) is 0 Å². The maximum Gasteiger partial charge on any atom is 0.146 e. The Bertz CT molecular complexity index is 624. The summed E-state index contributed by atoms with van der Waals surface area (Å²) in [5.74, 6) is -0.315. The van der Waals surface area contributed by atoms with Gasteiger partial charge < -0.3 is 5.32 Å². The molecule has 2 heteroatoms. The largest absolute Gasteiger partial charge is 0.354 e. The smallest absolute Gasteiger partial charge is 0.146 e. The van der Waals surface area contributed by atoms with Crippen LogP contribution in [0.4, 0.5) is 4.39 Å². The third kappa shape index (κ3) is 4.88. The van der Waals surface area contributed by atoms with E-state index in [0.29, 0.717) is 5.70 Å². The molecule has 0 aromatic carbocycles. The molecule has 1 aliphatic heterocycles. The fourth-order valence-electron chi connectivity index (χ4n) is 2.04. The van der Waals surface area contributed by atoms with Crippen molar-refractivity contribution < 1.29 is 4.39 Å². The van der Waals surface area contributed by atoms with Gasteiger partial charge in [0.15, 0.2) is 0 Å². The second kappa shape index (κ2) is 8.18. The van der Waals surface area contributed by atoms with Crippen molar-refractivity contribution in [3.63, 3.8) is 0 Å². The minimum atomic E-state index is -0.416. The Kier molecular flexibility index (Phi) is 6.58. The maximum atomic E-state index is 13.9. The van der Waals surface area contributed by atoms with Gasteiger partial charge in [0.05, 0.1) is 5.70 Å². The number of hydrogen-bond acceptors (Lipinski definition) is 1. The topological polar surface area (TPSA) is 12.0 Å². The fourth-order valence-corrected chi connectivity index (χ4v) is 2.04. The highest BCUT2D eigenvalue weighted by Gasteiger charge is 2.09. The summed E-state index contributed by atoms with van der Waals surface area (Å²) in [5, 5.41) is 2.84. The number of allylic oxidation sites excluding steroid dienone is 11. The molecule has 0 aromatic rings. The Morgan fingerprint density at radius 3 is 2.55 bits per heavy atom. The zero-order valence-corrected chi connectivity index (χ0v) is 13.6. The standard InChI is InChI=1S/C20H24FN/c1-7-9-19-15(3)12-13-16(4)22-18(6)20(21)11-8-10-14(2)17(19)5/h7-14,22H,4-6H2,1-3H3/b9-7-,10-8-,13-12-,19-15-,20-11+. The van der Waals surface area contributed by atoms with E-state index in [-0.39, 0.29) is 11.6 Å².